The summed E-state index contributed by atoms with van der Waals surface area (Å²) >= 11 is 0. The fourth-order valence-corrected chi connectivity index (χ4v) is 4.26. The van der Waals surface area contributed by atoms with Gasteiger partial charge in [0.25, 0.3) is 0 Å². The first-order valence-corrected chi connectivity index (χ1v) is 11.6. The molecule has 138 valence electrons. The van der Waals surface area contributed by atoms with Gasteiger partial charge in [0.2, 0.25) is 0 Å². The molecule has 1 atom stereocenters. The molecular weight excluding hydrogens is 338 g/mol. The van der Waals surface area contributed by atoms with Gasteiger partial charge in [-0.1, -0.05) is 0 Å². The van der Waals surface area contributed by atoms with Gasteiger partial charge in [0.15, 0.2) is 19.8 Å². The highest BCUT2D eigenvalue weighted by Crippen LogP contribution is 2.49. The SMILES string of the molecule is COc1c(C(C)O[Si](C)(C)C)c(OC(C)=O)c2ccn(C)c2c1OC. The van der Waals surface area contributed by atoms with E-state index in [1.54, 1.807) is 14.2 Å². The standard InChI is InChI=1S/C18H27NO5Si/c1-11(24-25(6,7)8)14-16(23-12(2)20)13-9-10-19(3)15(13)18(22-5)17(14)21-4/h9-11H,1-8H3. The monoisotopic (exact) mass is 365 g/mol. The van der Waals surface area contributed by atoms with E-state index in [2.05, 4.69) is 19.6 Å². The van der Waals surface area contributed by atoms with Crippen molar-refractivity contribution < 1.29 is 23.4 Å². The molecule has 0 radical (unpaired) electrons. The number of fused-ring (bicyclic) bond motifs is 1. The van der Waals surface area contributed by atoms with E-state index in [1.807, 2.05) is 30.8 Å². The van der Waals surface area contributed by atoms with Crippen LogP contribution in [0.1, 0.15) is 25.5 Å². The Morgan fingerprint density at radius 3 is 2.20 bits per heavy atom. The molecule has 0 amide bonds. The van der Waals surface area contributed by atoms with Crippen LogP contribution >= 0.6 is 0 Å². The van der Waals surface area contributed by atoms with Crippen LogP contribution in [0.15, 0.2) is 12.3 Å². The normalized spacial score (nSPS) is 13.0. The van der Waals surface area contributed by atoms with E-state index in [0.717, 1.165) is 10.9 Å². The number of hydrogen-bond donors (Lipinski definition) is 0. The Labute approximate surface area is 149 Å². The summed E-state index contributed by atoms with van der Waals surface area (Å²) in [5.41, 5.74) is 1.50. The number of hydrogen-bond acceptors (Lipinski definition) is 5. The maximum absolute atomic E-state index is 11.7. The summed E-state index contributed by atoms with van der Waals surface area (Å²) < 4.78 is 25.1. The highest BCUT2D eigenvalue weighted by atomic mass is 28.4. The Morgan fingerprint density at radius 1 is 1.12 bits per heavy atom. The third kappa shape index (κ3) is 3.82. The average molecular weight is 366 g/mol. The van der Waals surface area contributed by atoms with E-state index >= 15 is 0 Å². The van der Waals surface area contributed by atoms with E-state index in [0.29, 0.717) is 22.8 Å². The molecule has 0 aliphatic carbocycles. The molecule has 6 nitrogen and oxygen atoms in total. The topological polar surface area (TPSA) is 58.9 Å². The van der Waals surface area contributed by atoms with Crippen molar-refractivity contribution in [3.05, 3.63) is 17.8 Å². The Bertz CT molecular complexity index is 791. The first kappa shape index (κ1) is 19.3. The molecule has 7 heteroatoms. The number of nitrogens with zero attached hydrogens (tertiary/aromatic N) is 1. The predicted octanol–water partition coefficient (Wildman–Crippen LogP) is 4.03. The Hall–Kier alpha value is -1.99. The lowest BCUT2D eigenvalue weighted by Crippen LogP contribution is -2.27. The highest BCUT2D eigenvalue weighted by molar-refractivity contribution is 6.69. The molecular formula is C18H27NO5Si. The van der Waals surface area contributed by atoms with Crippen molar-refractivity contribution in [3.8, 4) is 17.2 Å². The van der Waals surface area contributed by atoms with Gasteiger partial charge in [0, 0.05) is 25.6 Å². The third-order valence-electron chi connectivity index (χ3n) is 3.82. The molecule has 1 heterocycles. The van der Waals surface area contributed by atoms with Crippen LogP contribution < -0.4 is 14.2 Å². The second-order valence-electron chi connectivity index (χ2n) is 6.96. The smallest absolute Gasteiger partial charge is 0.308 e. The van der Waals surface area contributed by atoms with Crippen LogP contribution in [0.25, 0.3) is 10.9 Å². The van der Waals surface area contributed by atoms with Crippen molar-refractivity contribution in [1.82, 2.24) is 4.57 Å². The van der Waals surface area contributed by atoms with Crippen molar-refractivity contribution in [2.75, 3.05) is 14.2 Å². The van der Waals surface area contributed by atoms with Gasteiger partial charge in [-0.05, 0) is 32.6 Å². The number of carbonyl (C=O) groups is 1. The van der Waals surface area contributed by atoms with E-state index in [9.17, 15) is 4.79 Å². The van der Waals surface area contributed by atoms with Crippen LogP contribution in [0.2, 0.25) is 19.6 Å². The van der Waals surface area contributed by atoms with Gasteiger partial charge in [-0.3, -0.25) is 4.79 Å². The Kier molecular flexibility index (Phi) is 5.48. The fraction of sp³-hybridized carbons (Fsp3) is 0.500. The van der Waals surface area contributed by atoms with Crippen LogP contribution in [-0.4, -0.2) is 33.1 Å². The van der Waals surface area contributed by atoms with E-state index < -0.39 is 8.32 Å². The number of aryl methyl sites for hydroxylation is 1. The zero-order valence-electron chi connectivity index (χ0n) is 16.2. The molecule has 2 aromatic rings. The minimum atomic E-state index is -1.83. The van der Waals surface area contributed by atoms with E-state index in [-0.39, 0.29) is 12.1 Å². The molecule has 0 saturated carbocycles. The number of esters is 1. The molecule has 1 unspecified atom stereocenters. The fourth-order valence-electron chi connectivity index (χ4n) is 3.08. The Balaban J connectivity index is 2.86. The summed E-state index contributed by atoms with van der Waals surface area (Å²) in [6, 6.07) is 1.90. The second kappa shape index (κ2) is 7.09. The van der Waals surface area contributed by atoms with Gasteiger partial charge >= 0.3 is 5.97 Å². The van der Waals surface area contributed by atoms with Crippen molar-refractivity contribution in [2.24, 2.45) is 7.05 Å². The molecule has 0 N–H and O–H groups in total. The lowest BCUT2D eigenvalue weighted by atomic mass is 10.0. The van der Waals surface area contributed by atoms with Crippen molar-refractivity contribution in [3.63, 3.8) is 0 Å². The summed E-state index contributed by atoms with van der Waals surface area (Å²) in [7, 11) is 3.25. The van der Waals surface area contributed by atoms with Crippen molar-refractivity contribution in [2.45, 2.75) is 39.6 Å². The summed E-state index contributed by atoms with van der Waals surface area (Å²) in [5.74, 6) is 1.20. The second-order valence-corrected chi connectivity index (χ2v) is 11.4. The molecule has 0 bridgehead atoms. The molecule has 0 saturated heterocycles. The van der Waals surface area contributed by atoms with Crippen molar-refractivity contribution in [1.29, 1.82) is 0 Å². The zero-order chi connectivity index (χ0) is 18.9. The first-order valence-electron chi connectivity index (χ1n) is 8.19. The van der Waals surface area contributed by atoms with E-state index in [4.69, 9.17) is 18.6 Å². The van der Waals surface area contributed by atoms with Crippen LogP contribution in [0.4, 0.5) is 0 Å². The maximum atomic E-state index is 11.7. The van der Waals surface area contributed by atoms with Crippen LogP contribution in [-0.2, 0) is 16.3 Å². The first-order chi connectivity index (χ1) is 11.6. The van der Waals surface area contributed by atoms with Crippen LogP contribution in [0, 0.1) is 0 Å². The molecule has 1 aromatic heterocycles. The average Bonchev–Trinajstić information content (AvgIpc) is 2.86. The zero-order valence-corrected chi connectivity index (χ0v) is 17.2. The third-order valence-corrected chi connectivity index (χ3v) is 4.88. The minimum Gasteiger partial charge on any atom is -0.492 e. The summed E-state index contributed by atoms with van der Waals surface area (Å²) in [4.78, 5) is 11.7. The number of methoxy groups -OCH3 is 2. The van der Waals surface area contributed by atoms with Crippen LogP contribution in [0.5, 0.6) is 17.2 Å². The van der Waals surface area contributed by atoms with Crippen molar-refractivity contribution >= 4 is 25.2 Å². The molecule has 0 aliphatic rings. The lowest BCUT2D eigenvalue weighted by molar-refractivity contribution is -0.131. The van der Waals surface area contributed by atoms with Gasteiger partial charge in [-0.15, -0.1) is 0 Å². The van der Waals surface area contributed by atoms with Gasteiger partial charge in [0.1, 0.15) is 5.75 Å². The quantitative estimate of drug-likeness (QED) is 0.439. The summed E-state index contributed by atoms with van der Waals surface area (Å²) in [5, 5.41) is 0.788. The highest BCUT2D eigenvalue weighted by Gasteiger charge is 2.31. The number of benzene rings is 1. The Morgan fingerprint density at radius 2 is 1.72 bits per heavy atom. The summed E-state index contributed by atoms with van der Waals surface area (Å²) in [6.45, 7) is 9.66. The van der Waals surface area contributed by atoms with Gasteiger partial charge in [0.05, 0.1) is 31.4 Å². The summed E-state index contributed by atoms with van der Waals surface area (Å²) in [6.07, 6.45) is 1.59. The van der Waals surface area contributed by atoms with Gasteiger partial charge < -0.3 is 23.2 Å². The molecule has 0 aliphatic heterocycles. The minimum absolute atomic E-state index is 0.311. The number of rotatable bonds is 6. The number of aromatic nitrogens is 1. The molecule has 1 aromatic carbocycles. The largest absolute Gasteiger partial charge is 0.492 e. The van der Waals surface area contributed by atoms with Gasteiger partial charge in [-0.2, -0.15) is 0 Å². The number of ether oxygens (including phenoxy) is 3. The van der Waals surface area contributed by atoms with E-state index in [1.165, 1.54) is 6.92 Å². The molecule has 0 fully saturated rings. The van der Waals surface area contributed by atoms with Gasteiger partial charge in [-0.25, -0.2) is 0 Å². The molecule has 25 heavy (non-hydrogen) atoms. The predicted molar refractivity (Wildman–Crippen MR) is 100 cm³/mol. The van der Waals surface area contributed by atoms with Crippen LogP contribution in [0.3, 0.4) is 0 Å². The molecule has 0 spiro atoms. The lowest BCUT2D eigenvalue weighted by Gasteiger charge is -2.27. The molecule has 2 rings (SSSR count). The number of carbonyl (C=O) groups excluding carboxylic acids is 1. The maximum Gasteiger partial charge on any atom is 0.308 e.